The van der Waals surface area contributed by atoms with E-state index in [0.29, 0.717) is 12.8 Å². The van der Waals surface area contributed by atoms with Crippen LogP contribution in [0.5, 0.6) is 11.5 Å². The number of phenols is 2. The van der Waals surface area contributed by atoms with Crippen molar-refractivity contribution in [2.45, 2.75) is 215 Å². The number of benzene rings is 2. The largest absolute Gasteiger partial charge is 0.508 e. The number of carbonyl (C=O) groups excluding carboxylic acids is 13. The number of hydrogen-bond donors (Lipinski definition) is 31. The van der Waals surface area contributed by atoms with Crippen LogP contribution in [0, 0.1) is 16.7 Å². The molecule has 0 saturated heterocycles. The topological polar surface area (TPSA) is 813 Å². The number of carboxylic acids is 3. The van der Waals surface area contributed by atoms with Gasteiger partial charge in [0.25, 0.3) is 0 Å². The van der Waals surface area contributed by atoms with Gasteiger partial charge in [0.15, 0.2) is 11.9 Å². The zero-order valence-electron chi connectivity index (χ0n) is 66.4. The smallest absolute Gasteiger partial charge is 0.326 e. The number of unbranched alkanes of at least 4 members (excludes halogenated alkanes) is 2. The molecule has 0 aliphatic carbocycles. The summed E-state index contributed by atoms with van der Waals surface area (Å²) in [6.45, 7) is 2.21. The number of carbonyl (C=O) groups is 16. The van der Waals surface area contributed by atoms with Crippen molar-refractivity contribution >= 4 is 107 Å². The minimum atomic E-state index is -2.13. The van der Waals surface area contributed by atoms with Crippen molar-refractivity contribution in [3.05, 3.63) is 59.7 Å². The van der Waals surface area contributed by atoms with E-state index in [2.05, 4.69) is 79.8 Å². The maximum atomic E-state index is 14.8. The fraction of sp³-hybridized carbons (Fsp3) is 0.583. The van der Waals surface area contributed by atoms with Crippen molar-refractivity contribution in [3.8, 4) is 11.5 Å². The fourth-order valence-electron chi connectivity index (χ4n) is 11.2. The Labute approximate surface area is 683 Å². The molecule has 119 heavy (non-hydrogen) atoms. The second kappa shape index (κ2) is 53.9. The van der Waals surface area contributed by atoms with Crippen molar-refractivity contribution in [1.82, 2.24) is 79.8 Å². The predicted octanol–water partition coefficient (Wildman–Crippen LogP) is -10.2. The molecule has 2 aromatic carbocycles. The van der Waals surface area contributed by atoms with Gasteiger partial charge in [-0.05, 0) is 139 Å². The summed E-state index contributed by atoms with van der Waals surface area (Å²) in [5.74, 6) is -22.2. The van der Waals surface area contributed by atoms with Crippen molar-refractivity contribution in [2.24, 2.45) is 34.6 Å². The summed E-state index contributed by atoms with van der Waals surface area (Å²) >= 11 is 0. The third kappa shape index (κ3) is 39.6. The Balaban J connectivity index is 2.59. The Morgan fingerprint density at radius 2 is 0.639 bits per heavy atom. The minimum Gasteiger partial charge on any atom is -0.508 e. The number of carboxylic acid groups (broad SMARTS) is 3. The highest BCUT2D eigenvalue weighted by Gasteiger charge is 2.39. The molecule has 13 amide bonds. The Morgan fingerprint density at radius 1 is 0.361 bits per heavy atom. The zero-order chi connectivity index (χ0) is 89.8. The molecule has 47 nitrogen and oxygen atoms in total. The van der Waals surface area contributed by atoms with Crippen LogP contribution in [-0.4, -0.2) is 289 Å². The van der Waals surface area contributed by atoms with Crippen LogP contribution in [-0.2, 0) is 89.6 Å². The first kappa shape index (κ1) is 103. The number of aliphatic hydroxyl groups excluding tert-OH is 4. The molecular weight excluding hydrogens is 1570 g/mol. The molecule has 0 radical (unpaired) electrons. The number of rotatable bonds is 57. The Hall–Kier alpha value is -12.2. The van der Waals surface area contributed by atoms with Gasteiger partial charge < -0.3 is 154 Å². The first-order chi connectivity index (χ1) is 56.1. The molecule has 0 aliphatic heterocycles. The van der Waals surface area contributed by atoms with E-state index < -0.39 is 249 Å². The van der Waals surface area contributed by atoms with Crippen LogP contribution in [0.2, 0.25) is 0 Å². The van der Waals surface area contributed by atoms with Crippen LogP contribution in [0.1, 0.15) is 122 Å². The van der Waals surface area contributed by atoms with E-state index in [1.807, 2.05) is 0 Å². The van der Waals surface area contributed by atoms with Gasteiger partial charge in [0.2, 0.25) is 76.8 Å². The lowest BCUT2D eigenvalue weighted by Gasteiger charge is -2.28. The zero-order valence-corrected chi connectivity index (χ0v) is 66.4. The Kier molecular flexibility index (Phi) is 46.6. The van der Waals surface area contributed by atoms with Gasteiger partial charge in [-0.1, -0.05) is 38.1 Å². The number of amides is 13. The third-order valence-corrected chi connectivity index (χ3v) is 17.8. The van der Waals surface area contributed by atoms with Crippen molar-refractivity contribution in [2.75, 3.05) is 46.0 Å². The van der Waals surface area contributed by atoms with Crippen molar-refractivity contribution in [3.63, 3.8) is 0 Å². The van der Waals surface area contributed by atoms with E-state index >= 15 is 0 Å². The SMILES string of the molecule is CC(C)C[C@H](NC(=O)[C@H](Cc1ccc(O)cc1)NC(=O)[C@H](CCCCN)NC(=O)[C@H](CO)NC(=O)[C@H](Cc1ccc(O)cc1)NC(=O)[C@H](CC(=O)O)NC(=O)[C@H](CO)NC(=O)[C@@H](N)[C@@H](C)O)C(=O)N[C@@H](CC(=O)O)C(=O)N[C@@H](CO)C(=O)N[C@@H](CCCNC(=N)N)C(=O)N[C@@H](CCCNC(=N)N)C(=O)N[C@@H](C)C(=O)N[C@@H](CCCCN)C(=O)O. The lowest BCUT2D eigenvalue weighted by molar-refractivity contribution is -0.142. The number of aliphatic hydroxyl groups is 4. The maximum Gasteiger partial charge on any atom is 0.326 e. The van der Waals surface area contributed by atoms with Crippen LogP contribution in [0.15, 0.2) is 48.5 Å². The summed E-state index contributed by atoms with van der Waals surface area (Å²) in [6, 6.07) is -14.4. The van der Waals surface area contributed by atoms with E-state index in [-0.39, 0.29) is 107 Å². The third-order valence-electron chi connectivity index (χ3n) is 17.8. The lowest BCUT2D eigenvalue weighted by atomic mass is 10.00. The van der Waals surface area contributed by atoms with Gasteiger partial charge in [-0.2, -0.15) is 0 Å². The molecule has 0 heterocycles. The van der Waals surface area contributed by atoms with Crippen molar-refractivity contribution < 1.29 is 123 Å². The van der Waals surface area contributed by atoms with Crippen LogP contribution >= 0.6 is 0 Å². The molecule has 664 valence electrons. The average Bonchev–Trinajstić information content (AvgIpc) is 1.76. The fourth-order valence-corrected chi connectivity index (χ4v) is 11.2. The highest BCUT2D eigenvalue weighted by molar-refractivity contribution is 6.01. The number of aliphatic carboxylic acids is 3. The quantitative estimate of drug-likeness (QED) is 0.0166. The Morgan fingerprint density at radius 3 is 0.966 bits per heavy atom. The predicted molar refractivity (Wildman–Crippen MR) is 421 cm³/mol. The molecule has 15 atom stereocenters. The molecular formula is C72H116N22O25. The average molecular weight is 1690 g/mol. The molecule has 0 unspecified atom stereocenters. The number of hydrogen-bond acceptors (Lipinski definition) is 27. The maximum absolute atomic E-state index is 14.8. The standard InChI is InChI=1S/C72H116N22O25/c1-35(2)27-46(61(109)90-50(31-55(103)104)65(113)93-52(33-96)67(115)85-44(14-10-26-81-72(78)79)59(107)83-43(13-9-25-80-71(76)77)58(106)82-36(3)57(105)86-45(70(118)119)12-6-8-24-74)87-62(110)47(28-38-15-19-40(99)20-16-38)88-60(108)42(11-5-7-23-73)84-66(114)51(32-95)92-63(111)48(29-39-17-21-41(100)22-18-39)89-64(112)49(30-54(101)102)91-68(116)53(34-97)94-69(117)56(75)37(4)98/h15-22,35-37,42-53,56,95-100H,5-14,23-34,73-75H2,1-4H3,(H,82,106)(H,83,107)(H,84,114)(H,85,115)(H,86,105)(H,87,110)(H,88,108)(H,89,112)(H,90,109)(H,91,116)(H,92,111)(H,93,113)(H,94,117)(H,101,102)(H,103,104)(H,118,119)(H4,76,77,80)(H4,78,79,81)/t36-,37+,42-,43-,44-,45-,46-,47-,48-,49-,50-,51-,52-,53-,56-/m0/s1. The number of nitrogens with one attached hydrogen (secondary N) is 17. The molecule has 0 aliphatic rings. The highest BCUT2D eigenvalue weighted by atomic mass is 16.4. The van der Waals surface area contributed by atoms with Crippen LogP contribution in [0.4, 0.5) is 0 Å². The summed E-state index contributed by atoms with van der Waals surface area (Å²) in [4.78, 5) is 219. The minimum absolute atomic E-state index is 0.00647. The Bertz CT molecular complexity index is 3750. The number of nitrogens with two attached hydrogens (primary N) is 5. The van der Waals surface area contributed by atoms with Gasteiger partial charge in [0.05, 0.1) is 38.8 Å². The first-order valence-corrected chi connectivity index (χ1v) is 38.1. The van der Waals surface area contributed by atoms with Gasteiger partial charge in [0.1, 0.15) is 96.1 Å². The summed E-state index contributed by atoms with van der Waals surface area (Å²) < 4.78 is 0. The molecule has 0 fully saturated rings. The second-order valence-electron chi connectivity index (χ2n) is 28.2. The molecule has 0 aromatic heterocycles. The summed E-state index contributed by atoms with van der Waals surface area (Å²) in [7, 11) is 0. The number of phenolic OH excluding ortho intramolecular Hbond substituents is 2. The highest BCUT2D eigenvalue weighted by Crippen LogP contribution is 2.17. The monoisotopic (exact) mass is 1690 g/mol. The summed E-state index contributed by atoms with van der Waals surface area (Å²) in [5.41, 5.74) is 28.3. The van der Waals surface area contributed by atoms with E-state index in [0.717, 1.165) is 6.92 Å². The molecule has 36 N–H and O–H groups in total. The molecule has 2 aromatic rings. The summed E-state index contributed by atoms with van der Waals surface area (Å²) in [5, 5.41) is 141. The van der Waals surface area contributed by atoms with Gasteiger partial charge in [-0.3, -0.25) is 82.7 Å². The molecule has 0 spiro atoms. The first-order valence-electron chi connectivity index (χ1n) is 38.1. The summed E-state index contributed by atoms with van der Waals surface area (Å²) in [6.07, 6.45) is -4.73. The second-order valence-corrected chi connectivity index (χ2v) is 28.2. The van der Waals surface area contributed by atoms with Crippen LogP contribution in [0.25, 0.3) is 0 Å². The normalized spacial score (nSPS) is 14.8. The van der Waals surface area contributed by atoms with Crippen LogP contribution < -0.4 is 108 Å². The lowest BCUT2D eigenvalue weighted by Crippen LogP contribution is -2.62. The van der Waals surface area contributed by atoms with Crippen molar-refractivity contribution in [1.29, 1.82) is 10.8 Å². The molecule has 0 bridgehead atoms. The van der Waals surface area contributed by atoms with Crippen LogP contribution in [0.3, 0.4) is 0 Å². The van der Waals surface area contributed by atoms with E-state index in [4.69, 9.17) is 39.5 Å². The van der Waals surface area contributed by atoms with E-state index in [1.165, 1.54) is 55.5 Å². The number of aromatic hydroxyl groups is 2. The van der Waals surface area contributed by atoms with E-state index in [1.54, 1.807) is 13.8 Å². The van der Waals surface area contributed by atoms with E-state index in [9.17, 15) is 123 Å². The molecule has 47 heteroatoms. The number of guanidine groups is 2. The van der Waals surface area contributed by atoms with Gasteiger partial charge in [-0.25, -0.2) is 4.79 Å². The molecule has 2 rings (SSSR count). The van der Waals surface area contributed by atoms with Gasteiger partial charge >= 0.3 is 17.9 Å². The molecule has 0 saturated carbocycles. The van der Waals surface area contributed by atoms with Gasteiger partial charge in [0, 0.05) is 25.9 Å². The van der Waals surface area contributed by atoms with Gasteiger partial charge in [-0.15, -0.1) is 0 Å².